The normalized spacial score (nSPS) is 15.5. The zero-order valence-electron chi connectivity index (χ0n) is 10.5. The molecule has 1 aromatic rings. The van der Waals surface area contributed by atoms with E-state index in [0.717, 1.165) is 29.1 Å². The van der Waals surface area contributed by atoms with E-state index in [4.69, 9.17) is 5.73 Å². The van der Waals surface area contributed by atoms with E-state index >= 15 is 0 Å². The van der Waals surface area contributed by atoms with Crippen LogP contribution in [0.15, 0.2) is 10.7 Å². The molecule has 0 aliphatic heterocycles. The van der Waals surface area contributed by atoms with Crippen molar-refractivity contribution in [3.8, 4) is 0 Å². The maximum atomic E-state index is 11.2. The van der Waals surface area contributed by atoms with Gasteiger partial charge < -0.3 is 11.1 Å². The van der Waals surface area contributed by atoms with Crippen LogP contribution in [0.25, 0.3) is 0 Å². The summed E-state index contributed by atoms with van der Waals surface area (Å²) in [5.74, 6) is 1.76. The van der Waals surface area contributed by atoms with Crippen LogP contribution in [0.4, 0.5) is 5.82 Å². The van der Waals surface area contributed by atoms with Crippen molar-refractivity contribution in [1.29, 1.82) is 0 Å². The van der Waals surface area contributed by atoms with Crippen molar-refractivity contribution in [2.24, 2.45) is 11.1 Å². The Morgan fingerprint density at radius 3 is 2.78 bits per heavy atom. The standard InChI is InChI=1S/C12H17BrN4O/c1-12(2,11(14)18)6-15-9-5-8(13)16-10(17-9)7-3-4-7/h5,7H,3-4,6H2,1-2H3,(H2,14,18)(H,15,16,17). The first-order chi connectivity index (χ1) is 8.38. The molecule has 1 amide bonds. The molecule has 1 aromatic heterocycles. The monoisotopic (exact) mass is 312 g/mol. The summed E-state index contributed by atoms with van der Waals surface area (Å²) in [6.07, 6.45) is 2.31. The summed E-state index contributed by atoms with van der Waals surface area (Å²) in [5.41, 5.74) is 4.73. The number of carbonyl (C=O) groups excluding carboxylic acids is 1. The molecule has 3 N–H and O–H groups in total. The first kappa shape index (κ1) is 13.3. The fourth-order valence-corrected chi connectivity index (χ4v) is 1.85. The Labute approximate surface area is 115 Å². The van der Waals surface area contributed by atoms with Gasteiger partial charge in [-0.05, 0) is 42.6 Å². The average molecular weight is 313 g/mol. The zero-order chi connectivity index (χ0) is 13.3. The van der Waals surface area contributed by atoms with Gasteiger partial charge in [0.1, 0.15) is 16.2 Å². The lowest BCUT2D eigenvalue weighted by atomic mass is 9.93. The minimum absolute atomic E-state index is 0.328. The summed E-state index contributed by atoms with van der Waals surface area (Å²) < 4.78 is 0.763. The zero-order valence-corrected chi connectivity index (χ0v) is 12.1. The molecule has 1 fully saturated rings. The van der Waals surface area contributed by atoms with Gasteiger partial charge in [0.15, 0.2) is 0 Å². The molecular formula is C12H17BrN4O. The highest BCUT2D eigenvalue weighted by molar-refractivity contribution is 9.10. The van der Waals surface area contributed by atoms with Crippen molar-refractivity contribution >= 4 is 27.7 Å². The number of amides is 1. The Balaban J connectivity index is 2.07. The van der Waals surface area contributed by atoms with Crippen LogP contribution in [-0.2, 0) is 4.79 Å². The molecule has 0 atom stereocenters. The lowest BCUT2D eigenvalue weighted by Crippen LogP contribution is -2.37. The maximum Gasteiger partial charge on any atom is 0.224 e. The molecule has 5 nitrogen and oxygen atoms in total. The number of aromatic nitrogens is 2. The molecule has 1 heterocycles. The van der Waals surface area contributed by atoms with Crippen LogP contribution in [-0.4, -0.2) is 22.4 Å². The van der Waals surface area contributed by atoms with Crippen LogP contribution in [0.5, 0.6) is 0 Å². The molecule has 0 radical (unpaired) electrons. The highest BCUT2D eigenvalue weighted by Gasteiger charge is 2.28. The lowest BCUT2D eigenvalue weighted by Gasteiger charge is -2.21. The second kappa shape index (κ2) is 4.84. The first-order valence-electron chi connectivity index (χ1n) is 5.97. The molecule has 0 saturated heterocycles. The van der Waals surface area contributed by atoms with E-state index in [1.165, 1.54) is 0 Å². The number of anilines is 1. The van der Waals surface area contributed by atoms with Crippen molar-refractivity contribution in [2.75, 3.05) is 11.9 Å². The van der Waals surface area contributed by atoms with Crippen LogP contribution in [0, 0.1) is 5.41 Å². The van der Waals surface area contributed by atoms with Crippen molar-refractivity contribution in [1.82, 2.24) is 9.97 Å². The lowest BCUT2D eigenvalue weighted by molar-refractivity contribution is -0.125. The van der Waals surface area contributed by atoms with Gasteiger partial charge in [0.2, 0.25) is 5.91 Å². The summed E-state index contributed by atoms with van der Waals surface area (Å²) in [5, 5.41) is 3.15. The number of nitrogens with two attached hydrogens (primary N) is 1. The van der Waals surface area contributed by atoms with Crippen molar-refractivity contribution in [3.63, 3.8) is 0 Å². The highest BCUT2D eigenvalue weighted by Crippen LogP contribution is 2.38. The van der Waals surface area contributed by atoms with Crippen molar-refractivity contribution in [3.05, 3.63) is 16.5 Å². The topological polar surface area (TPSA) is 80.9 Å². The molecule has 0 bridgehead atoms. The smallest absolute Gasteiger partial charge is 0.224 e. The van der Waals surface area contributed by atoms with Crippen molar-refractivity contribution < 1.29 is 4.79 Å². The van der Waals surface area contributed by atoms with Crippen LogP contribution < -0.4 is 11.1 Å². The maximum absolute atomic E-state index is 11.2. The molecule has 1 aliphatic carbocycles. The number of primary amides is 1. The molecule has 0 unspecified atom stereocenters. The molecule has 6 heteroatoms. The molecule has 98 valence electrons. The van der Waals surface area contributed by atoms with E-state index in [1.54, 1.807) is 13.8 Å². The minimum Gasteiger partial charge on any atom is -0.369 e. The van der Waals surface area contributed by atoms with E-state index in [9.17, 15) is 4.79 Å². The van der Waals surface area contributed by atoms with Gasteiger partial charge in [-0.2, -0.15) is 0 Å². The van der Waals surface area contributed by atoms with Crippen LogP contribution in [0.1, 0.15) is 38.4 Å². The molecule has 1 saturated carbocycles. The number of carbonyl (C=O) groups is 1. The van der Waals surface area contributed by atoms with Gasteiger partial charge in [0.05, 0.1) is 5.41 Å². The quantitative estimate of drug-likeness (QED) is 0.815. The number of hydrogen-bond acceptors (Lipinski definition) is 4. The third-order valence-corrected chi connectivity index (χ3v) is 3.44. The largest absolute Gasteiger partial charge is 0.369 e. The predicted octanol–water partition coefficient (Wildman–Crippen LogP) is 2.04. The summed E-state index contributed by atoms with van der Waals surface area (Å²) in [4.78, 5) is 20.0. The predicted molar refractivity (Wildman–Crippen MR) is 73.2 cm³/mol. The second-order valence-corrected chi connectivity index (χ2v) is 6.12. The highest BCUT2D eigenvalue weighted by atomic mass is 79.9. The molecule has 1 aliphatic rings. The second-order valence-electron chi connectivity index (χ2n) is 5.31. The summed E-state index contributed by atoms with van der Waals surface area (Å²) in [7, 11) is 0. The number of halogens is 1. The van der Waals surface area contributed by atoms with E-state index < -0.39 is 5.41 Å². The third-order valence-electron chi connectivity index (χ3n) is 3.03. The number of rotatable bonds is 5. The van der Waals surface area contributed by atoms with E-state index in [-0.39, 0.29) is 5.91 Å². The Bertz CT molecular complexity index is 471. The van der Waals surface area contributed by atoms with E-state index in [1.807, 2.05) is 6.07 Å². The van der Waals surface area contributed by atoms with Gasteiger partial charge in [0.25, 0.3) is 0 Å². The SMILES string of the molecule is CC(C)(CNc1cc(Br)nc(C2CC2)n1)C(N)=O. The fourth-order valence-electron chi connectivity index (χ4n) is 1.45. The number of nitrogens with zero attached hydrogens (tertiary/aromatic N) is 2. The molecule has 2 rings (SSSR count). The van der Waals surface area contributed by atoms with Gasteiger partial charge in [-0.3, -0.25) is 4.79 Å². The van der Waals surface area contributed by atoms with E-state index in [2.05, 4.69) is 31.2 Å². The van der Waals surface area contributed by atoms with Crippen molar-refractivity contribution in [2.45, 2.75) is 32.6 Å². The Hall–Kier alpha value is -1.17. The van der Waals surface area contributed by atoms with Crippen LogP contribution in [0.3, 0.4) is 0 Å². The Morgan fingerprint density at radius 1 is 1.56 bits per heavy atom. The summed E-state index contributed by atoms with van der Waals surface area (Å²) >= 11 is 3.38. The van der Waals surface area contributed by atoms with Gasteiger partial charge in [-0.15, -0.1) is 0 Å². The molecule has 18 heavy (non-hydrogen) atoms. The van der Waals surface area contributed by atoms with Gasteiger partial charge in [0, 0.05) is 18.5 Å². The first-order valence-corrected chi connectivity index (χ1v) is 6.76. The van der Waals surface area contributed by atoms with Crippen LogP contribution in [0.2, 0.25) is 0 Å². The number of hydrogen-bond donors (Lipinski definition) is 2. The molecule has 0 aromatic carbocycles. The Morgan fingerprint density at radius 2 is 2.22 bits per heavy atom. The van der Waals surface area contributed by atoms with E-state index in [0.29, 0.717) is 12.5 Å². The molecule has 0 spiro atoms. The van der Waals surface area contributed by atoms with Gasteiger partial charge in [-0.25, -0.2) is 9.97 Å². The minimum atomic E-state index is -0.600. The van der Waals surface area contributed by atoms with Gasteiger partial charge in [-0.1, -0.05) is 0 Å². The average Bonchev–Trinajstić information content (AvgIpc) is 3.09. The summed E-state index contributed by atoms with van der Waals surface area (Å²) in [6.45, 7) is 4.07. The fraction of sp³-hybridized carbons (Fsp3) is 0.583. The summed E-state index contributed by atoms with van der Waals surface area (Å²) in [6, 6.07) is 1.81. The van der Waals surface area contributed by atoms with Gasteiger partial charge >= 0.3 is 0 Å². The number of nitrogens with one attached hydrogen (secondary N) is 1. The molecular weight excluding hydrogens is 296 g/mol. The Kier molecular flexibility index (Phi) is 3.56. The van der Waals surface area contributed by atoms with Crippen LogP contribution >= 0.6 is 15.9 Å². The third kappa shape index (κ3) is 3.19.